The molecule has 1 aromatic carbocycles. The van der Waals surface area contributed by atoms with Gasteiger partial charge in [-0.1, -0.05) is 72.1 Å². The number of carbonyl (C=O) groups excluding carboxylic acids is 1. The lowest BCUT2D eigenvalue weighted by atomic mass is 10.0. The van der Waals surface area contributed by atoms with Crippen molar-refractivity contribution < 1.29 is 4.79 Å². The second-order valence-corrected chi connectivity index (χ2v) is 5.04. The fourth-order valence-electron chi connectivity index (χ4n) is 0.873. The summed E-state index contributed by atoms with van der Waals surface area (Å²) in [7, 11) is 0. The van der Waals surface area contributed by atoms with E-state index in [-0.39, 0.29) is 11.2 Å². The molecule has 0 bridgehead atoms. The first-order valence-electron chi connectivity index (χ1n) is 4.11. The van der Waals surface area contributed by atoms with Crippen LogP contribution in [-0.2, 0) is 4.79 Å². The maximum absolute atomic E-state index is 10.7. The van der Waals surface area contributed by atoms with Gasteiger partial charge in [0.25, 0.3) is 0 Å². The normalized spacial score (nSPS) is 11.6. The minimum absolute atomic E-state index is 0.196. The van der Waals surface area contributed by atoms with Crippen LogP contribution < -0.4 is 0 Å². The topological polar surface area (TPSA) is 17.1 Å². The summed E-state index contributed by atoms with van der Waals surface area (Å²) in [6.07, 6.45) is 0. The SMILES string of the molecule is CC(C(=O)Cl)c1ccccc1.ClC(Cl)Cl. The molecule has 0 aromatic heterocycles. The molecule has 0 aliphatic heterocycles. The van der Waals surface area contributed by atoms with Crippen LogP contribution in [0, 0.1) is 0 Å². The highest BCUT2D eigenvalue weighted by Crippen LogP contribution is 2.16. The van der Waals surface area contributed by atoms with E-state index < -0.39 is 4.30 Å². The second kappa shape index (κ2) is 8.23. The van der Waals surface area contributed by atoms with Crippen molar-refractivity contribution in [3.63, 3.8) is 0 Å². The number of carbonyl (C=O) groups is 1. The lowest BCUT2D eigenvalue weighted by molar-refractivity contribution is -0.112. The fraction of sp³-hybridized carbons (Fsp3) is 0.300. The van der Waals surface area contributed by atoms with Crippen molar-refractivity contribution in [1.82, 2.24) is 0 Å². The van der Waals surface area contributed by atoms with Gasteiger partial charge in [-0.25, -0.2) is 0 Å². The van der Waals surface area contributed by atoms with E-state index in [1.54, 1.807) is 6.92 Å². The van der Waals surface area contributed by atoms with Crippen LogP contribution in [0.25, 0.3) is 0 Å². The van der Waals surface area contributed by atoms with Crippen molar-refractivity contribution in [2.45, 2.75) is 17.1 Å². The molecule has 1 unspecified atom stereocenters. The van der Waals surface area contributed by atoms with Crippen molar-refractivity contribution in [2.24, 2.45) is 0 Å². The summed E-state index contributed by atoms with van der Waals surface area (Å²) in [5.74, 6) is -0.196. The van der Waals surface area contributed by atoms with Gasteiger partial charge in [-0.15, -0.1) is 0 Å². The molecule has 0 amide bonds. The van der Waals surface area contributed by atoms with Crippen molar-refractivity contribution in [1.29, 1.82) is 0 Å². The summed E-state index contributed by atoms with van der Waals surface area (Å²) in [4.78, 5) is 10.7. The molecule has 1 rings (SSSR count). The van der Waals surface area contributed by atoms with Crippen molar-refractivity contribution in [3.05, 3.63) is 35.9 Å². The van der Waals surface area contributed by atoms with Crippen molar-refractivity contribution in [2.75, 3.05) is 0 Å². The fourth-order valence-corrected chi connectivity index (χ4v) is 0.999. The Balaban J connectivity index is 0.000000423. The number of hydrogen-bond acceptors (Lipinski definition) is 1. The number of halogens is 4. The van der Waals surface area contributed by atoms with E-state index in [0.717, 1.165) is 5.56 Å². The van der Waals surface area contributed by atoms with Crippen molar-refractivity contribution >= 4 is 51.6 Å². The lowest BCUT2D eigenvalue weighted by Gasteiger charge is -2.04. The van der Waals surface area contributed by atoms with E-state index in [4.69, 9.17) is 46.4 Å². The highest BCUT2D eigenvalue weighted by Gasteiger charge is 2.10. The smallest absolute Gasteiger partial charge is 0.228 e. The molecule has 0 fully saturated rings. The average Bonchev–Trinajstić information content (AvgIpc) is 2.17. The Hall–Kier alpha value is 0.0500. The highest BCUT2D eigenvalue weighted by molar-refractivity contribution is 6.64. The summed E-state index contributed by atoms with van der Waals surface area (Å²) in [5.41, 5.74) is 0.965. The molecule has 0 radical (unpaired) electrons. The quantitative estimate of drug-likeness (QED) is 0.576. The molecule has 0 spiro atoms. The summed E-state index contributed by atoms with van der Waals surface area (Å²) in [5, 5.41) is -0.309. The van der Waals surface area contributed by atoms with Gasteiger partial charge in [-0.2, -0.15) is 0 Å². The Morgan fingerprint density at radius 2 is 1.53 bits per heavy atom. The maximum Gasteiger partial charge on any atom is 0.228 e. The Labute approximate surface area is 109 Å². The molecular formula is C10H10Cl4O. The van der Waals surface area contributed by atoms with Gasteiger partial charge in [0.05, 0.1) is 5.92 Å². The van der Waals surface area contributed by atoms with E-state index in [0.29, 0.717) is 0 Å². The Morgan fingerprint density at radius 1 is 1.13 bits per heavy atom. The first kappa shape index (κ1) is 15.0. The van der Waals surface area contributed by atoms with Gasteiger partial charge in [0.2, 0.25) is 5.24 Å². The standard InChI is InChI=1S/C9H9ClO.CHCl3/c1-7(9(10)11)8-5-3-2-4-6-8;2-1(3)4/h2-7H,1H3;1H. The molecule has 0 heterocycles. The van der Waals surface area contributed by atoms with Crippen LogP contribution in [-0.4, -0.2) is 9.54 Å². The molecule has 1 aromatic rings. The molecule has 1 atom stereocenters. The van der Waals surface area contributed by atoms with Crippen LogP contribution in [0.3, 0.4) is 0 Å². The summed E-state index contributed by atoms with van der Waals surface area (Å²) in [6, 6.07) is 9.49. The first-order valence-corrected chi connectivity index (χ1v) is 5.80. The van der Waals surface area contributed by atoms with Gasteiger partial charge < -0.3 is 0 Å². The predicted molar refractivity (Wildman–Crippen MR) is 67.1 cm³/mol. The van der Waals surface area contributed by atoms with Crippen LogP contribution in [0.4, 0.5) is 0 Å². The third-order valence-corrected chi connectivity index (χ3v) is 1.97. The van der Waals surface area contributed by atoms with E-state index in [1.165, 1.54) is 0 Å². The van der Waals surface area contributed by atoms with Crippen LogP contribution >= 0.6 is 46.4 Å². The zero-order chi connectivity index (χ0) is 11.8. The molecular weight excluding hydrogens is 278 g/mol. The molecule has 1 nitrogen and oxygen atoms in total. The highest BCUT2D eigenvalue weighted by atomic mass is 35.6. The third kappa shape index (κ3) is 7.92. The van der Waals surface area contributed by atoms with E-state index >= 15 is 0 Å². The van der Waals surface area contributed by atoms with Crippen LogP contribution in [0.15, 0.2) is 30.3 Å². The molecule has 15 heavy (non-hydrogen) atoms. The maximum atomic E-state index is 10.7. The van der Waals surface area contributed by atoms with Gasteiger partial charge in [-0.3, -0.25) is 4.79 Å². The van der Waals surface area contributed by atoms with E-state index in [9.17, 15) is 4.79 Å². The van der Waals surface area contributed by atoms with Crippen LogP contribution in [0.5, 0.6) is 0 Å². The molecule has 84 valence electrons. The van der Waals surface area contributed by atoms with Gasteiger partial charge in [0.15, 0.2) is 4.30 Å². The largest absolute Gasteiger partial charge is 0.281 e. The molecule has 0 aliphatic rings. The van der Waals surface area contributed by atoms with Crippen molar-refractivity contribution in [3.8, 4) is 0 Å². The van der Waals surface area contributed by atoms with Gasteiger partial charge in [0.1, 0.15) is 0 Å². The van der Waals surface area contributed by atoms with Gasteiger partial charge in [0, 0.05) is 0 Å². The Kier molecular flexibility index (Phi) is 8.26. The zero-order valence-corrected chi connectivity index (χ0v) is 11.0. The second-order valence-electron chi connectivity index (χ2n) is 2.68. The minimum atomic E-state index is -0.750. The first-order chi connectivity index (χ1) is 6.95. The van der Waals surface area contributed by atoms with Crippen LogP contribution in [0.2, 0.25) is 0 Å². The zero-order valence-electron chi connectivity index (χ0n) is 7.96. The number of benzene rings is 1. The predicted octanol–water partition coefficient (Wildman–Crippen LogP) is 4.54. The Morgan fingerprint density at radius 3 is 1.87 bits per heavy atom. The van der Waals surface area contributed by atoms with Gasteiger partial charge >= 0.3 is 0 Å². The minimum Gasteiger partial charge on any atom is -0.281 e. The summed E-state index contributed by atoms with van der Waals surface area (Å²) >= 11 is 19.7. The lowest BCUT2D eigenvalue weighted by Crippen LogP contribution is -2.00. The molecule has 0 N–H and O–H groups in total. The number of alkyl halides is 3. The summed E-state index contributed by atoms with van der Waals surface area (Å²) < 4.78 is -0.750. The van der Waals surface area contributed by atoms with E-state index in [2.05, 4.69) is 0 Å². The third-order valence-electron chi connectivity index (χ3n) is 1.64. The number of rotatable bonds is 2. The average molecular weight is 288 g/mol. The van der Waals surface area contributed by atoms with Gasteiger partial charge in [-0.05, 0) is 17.2 Å². The monoisotopic (exact) mass is 286 g/mol. The van der Waals surface area contributed by atoms with E-state index in [1.807, 2.05) is 30.3 Å². The molecule has 0 aliphatic carbocycles. The molecule has 0 saturated heterocycles. The number of hydrogen-bond donors (Lipinski definition) is 0. The Bertz CT molecular complexity index is 284. The summed E-state index contributed by atoms with van der Waals surface area (Å²) in [6.45, 7) is 1.80. The molecule has 5 heteroatoms. The molecule has 0 saturated carbocycles. The van der Waals surface area contributed by atoms with Crippen LogP contribution in [0.1, 0.15) is 18.4 Å².